The fraction of sp³-hybridized carbons (Fsp3) is 0.259. The zero-order chi connectivity index (χ0) is 27.9. The average molecular weight is 552 g/mol. The predicted octanol–water partition coefficient (Wildman–Crippen LogP) is 4.47. The summed E-state index contributed by atoms with van der Waals surface area (Å²) in [7, 11) is 0. The minimum absolute atomic E-state index is 0.0416. The van der Waals surface area contributed by atoms with Gasteiger partial charge in [0.15, 0.2) is 0 Å². The van der Waals surface area contributed by atoms with E-state index in [0.29, 0.717) is 28.6 Å². The van der Waals surface area contributed by atoms with Crippen LogP contribution in [0.25, 0.3) is 27.7 Å². The molecule has 204 valence electrons. The van der Waals surface area contributed by atoms with Gasteiger partial charge in [-0.3, -0.25) is 9.20 Å². The molecule has 5 aromatic rings. The Morgan fingerprint density at radius 1 is 1.12 bits per heavy atom. The van der Waals surface area contributed by atoms with E-state index in [9.17, 15) is 18.0 Å². The van der Waals surface area contributed by atoms with Crippen LogP contribution in [-0.2, 0) is 17.5 Å². The van der Waals surface area contributed by atoms with E-state index in [4.69, 9.17) is 10.5 Å². The molecule has 7 rings (SSSR count). The van der Waals surface area contributed by atoms with Crippen molar-refractivity contribution in [2.75, 3.05) is 12.3 Å². The maximum absolute atomic E-state index is 15.4. The molecular weight excluding hydrogens is 530 g/mol. The van der Waals surface area contributed by atoms with Crippen LogP contribution in [0.4, 0.5) is 23.4 Å². The molecule has 0 radical (unpaired) electrons. The first-order valence-corrected chi connectivity index (χ1v) is 12.5. The third kappa shape index (κ3) is 3.72. The number of ether oxygens (including phenoxy) is 1. The zero-order valence-corrected chi connectivity index (χ0v) is 20.9. The molecule has 3 aromatic heterocycles. The molecule has 1 aliphatic carbocycles. The fourth-order valence-corrected chi connectivity index (χ4v) is 5.84. The van der Waals surface area contributed by atoms with E-state index in [1.165, 1.54) is 18.5 Å². The molecule has 0 unspecified atom stereocenters. The second kappa shape index (κ2) is 8.49. The number of morpholine rings is 1. The largest absolute Gasteiger partial charge is 0.504 e. The second-order valence-corrected chi connectivity index (χ2v) is 10.1. The monoisotopic (exact) mass is 551 g/mol. The molecule has 2 aromatic carbocycles. The molecule has 0 spiro atoms. The lowest BCUT2D eigenvalue weighted by Crippen LogP contribution is -2.50. The number of carbonyl (C=O) groups is 1. The van der Waals surface area contributed by atoms with Crippen molar-refractivity contribution in [1.82, 2.24) is 29.0 Å². The summed E-state index contributed by atoms with van der Waals surface area (Å²) in [4.78, 5) is 23.9. The number of anilines is 1. The molecule has 1 aliphatic heterocycles. The Morgan fingerprint density at radius 2 is 1.95 bits per heavy atom. The summed E-state index contributed by atoms with van der Waals surface area (Å²) in [6.45, 7) is 2.08. The molecule has 3 atom stereocenters. The number of hydrogen-bond acceptors (Lipinski definition) is 6. The lowest BCUT2D eigenvalue weighted by molar-refractivity contribution is -0.212. The van der Waals surface area contributed by atoms with Crippen LogP contribution in [0.3, 0.4) is 0 Å². The van der Waals surface area contributed by atoms with Gasteiger partial charge in [-0.2, -0.15) is 9.78 Å². The molecule has 0 bridgehead atoms. The Labute approximate surface area is 223 Å². The van der Waals surface area contributed by atoms with Crippen molar-refractivity contribution < 1.29 is 27.1 Å². The van der Waals surface area contributed by atoms with Crippen molar-refractivity contribution >= 4 is 28.3 Å². The van der Waals surface area contributed by atoms with E-state index >= 15 is 4.39 Å². The number of fused-ring (bicyclic) bond motifs is 6. The van der Waals surface area contributed by atoms with E-state index in [0.717, 1.165) is 23.5 Å². The van der Waals surface area contributed by atoms with Crippen molar-refractivity contribution in [2.24, 2.45) is 0 Å². The average Bonchev–Trinajstić information content (AvgIpc) is 3.65. The minimum atomic E-state index is -4.61. The Morgan fingerprint density at radius 3 is 2.73 bits per heavy atom. The lowest BCUT2D eigenvalue weighted by Gasteiger charge is -2.41. The number of rotatable bonds is 2. The number of amides is 1. The summed E-state index contributed by atoms with van der Waals surface area (Å²) in [6.07, 6.45) is 0.300. The van der Waals surface area contributed by atoms with Gasteiger partial charge < -0.3 is 15.4 Å². The summed E-state index contributed by atoms with van der Waals surface area (Å²) in [5.41, 5.74) is 9.71. The molecular formula is C27H21F4N7O2. The number of hydrogen-bond donors (Lipinski definition) is 1. The van der Waals surface area contributed by atoms with Crippen LogP contribution < -0.4 is 5.73 Å². The number of alkyl halides is 3. The Bertz CT molecular complexity index is 1830. The SMILES string of the molecule is C[C@H]1CN(C(=O)c2cc3c(cc2F)nc(N)c2cncn23)[C@H]2c3ccc(-c4cnn(C(F)(F)F)c4)cc3C[C@H]2O1. The molecule has 1 fully saturated rings. The maximum atomic E-state index is 15.4. The van der Waals surface area contributed by atoms with Crippen molar-refractivity contribution in [3.63, 3.8) is 0 Å². The summed E-state index contributed by atoms with van der Waals surface area (Å²) in [5, 5.41) is 3.42. The Hall–Kier alpha value is -4.52. The van der Waals surface area contributed by atoms with E-state index in [1.807, 2.05) is 6.92 Å². The number of nitrogens with zero attached hydrogens (tertiary/aromatic N) is 6. The van der Waals surface area contributed by atoms with Gasteiger partial charge in [0.25, 0.3) is 5.91 Å². The molecule has 1 amide bonds. The van der Waals surface area contributed by atoms with Gasteiger partial charge in [0.2, 0.25) is 0 Å². The first-order chi connectivity index (χ1) is 19.1. The van der Waals surface area contributed by atoms with E-state index in [-0.39, 0.29) is 40.3 Å². The summed E-state index contributed by atoms with van der Waals surface area (Å²) in [5.74, 6) is -1.03. The number of nitrogens with two attached hydrogens (primary N) is 1. The van der Waals surface area contributed by atoms with E-state index in [1.54, 1.807) is 33.7 Å². The predicted molar refractivity (Wildman–Crippen MR) is 136 cm³/mol. The number of aromatic nitrogens is 5. The number of carbonyl (C=O) groups excluding carboxylic acids is 1. The normalized spacial score (nSPS) is 20.7. The van der Waals surface area contributed by atoms with Crippen molar-refractivity contribution in [2.45, 2.75) is 37.9 Å². The van der Waals surface area contributed by atoms with Crippen LogP contribution >= 0.6 is 0 Å². The number of benzene rings is 2. The third-order valence-corrected chi connectivity index (χ3v) is 7.56. The maximum Gasteiger partial charge on any atom is 0.504 e. The summed E-state index contributed by atoms with van der Waals surface area (Å²) in [6, 6.07) is 7.44. The lowest BCUT2D eigenvalue weighted by atomic mass is 9.99. The molecule has 2 N–H and O–H groups in total. The van der Waals surface area contributed by atoms with Gasteiger partial charge in [-0.15, -0.1) is 13.2 Å². The number of nitrogen functional groups attached to an aromatic ring is 1. The van der Waals surface area contributed by atoms with Gasteiger partial charge in [-0.05, 0) is 29.7 Å². The van der Waals surface area contributed by atoms with E-state index in [2.05, 4.69) is 15.1 Å². The topological polar surface area (TPSA) is 104 Å². The second-order valence-electron chi connectivity index (χ2n) is 10.1. The highest BCUT2D eigenvalue weighted by atomic mass is 19.4. The molecule has 0 saturated carbocycles. The highest BCUT2D eigenvalue weighted by Gasteiger charge is 2.45. The highest BCUT2D eigenvalue weighted by molar-refractivity contribution is 5.99. The summed E-state index contributed by atoms with van der Waals surface area (Å²) >= 11 is 0. The molecule has 40 heavy (non-hydrogen) atoms. The molecule has 1 saturated heterocycles. The number of imidazole rings is 1. The van der Waals surface area contributed by atoms with Crippen LogP contribution in [0.15, 0.2) is 55.2 Å². The zero-order valence-electron chi connectivity index (χ0n) is 20.9. The van der Waals surface area contributed by atoms with Crippen molar-refractivity contribution in [3.8, 4) is 11.1 Å². The van der Waals surface area contributed by atoms with Gasteiger partial charge >= 0.3 is 6.30 Å². The van der Waals surface area contributed by atoms with Crippen LogP contribution in [0.2, 0.25) is 0 Å². The highest BCUT2D eigenvalue weighted by Crippen LogP contribution is 2.43. The molecule has 9 nitrogen and oxygen atoms in total. The van der Waals surface area contributed by atoms with Gasteiger partial charge in [-0.1, -0.05) is 18.2 Å². The first kappa shape index (κ1) is 24.5. The fourth-order valence-electron chi connectivity index (χ4n) is 5.84. The molecule has 2 aliphatic rings. The number of halogens is 4. The van der Waals surface area contributed by atoms with Crippen molar-refractivity contribution in [1.29, 1.82) is 0 Å². The third-order valence-electron chi connectivity index (χ3n) is 7.56. The van der Waals surface area contributed by atoms with Crippen LogP contribution in [0.1, 0.15) is 34.5 Å². The van der Waals surface area contributed by atoms with Gasteiger partial charge in [-0.25, -0.2) is 14.4 Å². The molecule has 4 heterocycles. The Kier molecular flexibility index (Phi) is 5.20. The standard InChI is InChI=1S/C27H21F4N7O2/c1-13-10-36(26(39)18-6-21-20(7-19(18)28)35-25(32)22-9-33-12-37(21)22)24-17-3-2-14(4-15(17)5-23(24)40-13)16-8-34-38(11-16)27(29,30)31/h2-4,6-9,11-13,23-24H,5,10H2,1H3,(H2,32,35)/t13-,23+,24-/m0/s1. The van der Waals surface area contributed by atoms with E-state index < -0.39 is 24.1 Å². The first-order valence-electron chi connectivity index (χ1n) is 12.5. The van der Waals surface area contributed by atoms with Crippen molar-refractivity contribution in [3.05, 3.63) is 77.8 Å². The van der Waals surface area contributed by atoms with Gasteiger partial charge in [0.05, 0.1) is 53.6 Å². The van der Waals surface area contributed by atoms with Gasteiger partial charge in [0.1, 0.15) is 17.2 Å². The Balaban J connectivity index is 1.27. The smallest absolute Gasteiger partial charge is 0.382 e. The van der Waals surface area contributed by atoms with Crippen LogP contribution in [-0.4, -0.2) is 53.7 Å². The van der Waals surface area contributed by atoms with Crippen LogP contribution in [0.5, 0.6) is 0 Å². The molecule has 13 heteroatoms. The van der Waals surface area contributed by atoms with Crippen LogP contribution in [0, 0.1) is 5.82 Å². The summed E-state index contributed by atoms with van der Waals surface area (Å²) < 4.78 is 62.3. The minimum Gasteiger partial charge on any atom is -0.382 e. The quantitative estimate of drug-likeness (QED) is 0.325. The van der Waals surface area contributed by atoms with Gasteiger partial charge in [0, 0.05) is 30.8 Å².